The third-order valence-corrected chi connectivity index (χ3v) is 1.16. The van der Waals surface area contributed by atoms with Crippen molar-refractivity contribution in [3.63, 3.8) is 0 Å². The first-order valence-corrected chi connectivity index (χ1v) is 3.53. The number of carboxylic acids is 1. The summed E-state index contributed by atoms with van der Waals surface area (Å²) in [6.07, 6.45) is -0.0154. The molecule has 12 heavy (non-hydrogen) atoms. The summed E-state index contributed by atoms with van der Waals surface area (Å²) in [5.41, 5.74) is 0. The van der Waals surface area contributed by atoms with Gasteiger partial charge in [0.05, 0.1) is 6.42 Å². The number of hydrogen-bond acceptors (Lipinski definition) is 2. The molecule has 0 unspecified atom stereocenters. The minimum atomic E-state index is -0.894. The molecule has 0 aromatic rings. The highest BCUT2D eigenvalue weighted by atomic mass is 16.4. The number of nitrogens with one attached hydrogen (secondary N) is 1. The van der Waals surface area contributed by atoms with Crippen molar-refractivity contribution in [3.8, 4) is 0 Å². The van der Waals surface area contributed by atoms with Gasteiger partial charge in [-0.2, -0.15) is 0 Å². The molecular weight excluding hydrogens is 162 g/mol. The third kappa shape index (κ3) is 7.01. The number of rotatable bonds is 4. The van der Waals surface area contributed by atoms with E-state index in [9.17, 15) is 9.59 Å². The maximum Gasteiger partial charge on any atom is 0.305 e. The maximum absolute atomic E-state index is 10.8. The van der Waals surface area contributed by atoms with Gasteiger partial charge in [-0.25, -0.2) is 0 Å². The molecule has 0 rings (SSSR count). The lowest BCUT2D eigenvalue weighted by atomic mass is 10.2. The Hall–Kier alpha value is -1.10. The van der Waals surface area contributed by atoms with Gasteiger partial charge in [0, 0.05) is 12.5 Å². The minimum Gasteiger partial charge on any atom is -0.481 e. The highest BCUT2D eigenvalue weighted by molar-refractivity contribution is 5.78. The Balaban J connectivity index is 0. The lowest BCUT2D eigenvalue weighted by Gasteiger charge is -2.04. The van der Waals surface area contributed by atoms with Crippen LogP contribution in [0.15, 0.2) is 0 Å². The highest BCUT2D eigenvalue weighted by Gasteiger charge is 2.05. The Bertz CT molecular complexity index is 155. The fourth-order valence-electron chi connectivity index (χ4n) is 0.497. The van der Waals surface area contributed by atoms with Gasteiger partial charge in [0.1, 0.15) is 0 Å². The van der Waals surface area contributed by atoms with Crippen molar-refractivity contribution in [1.82, 2.24) is 5.32 Å². The first-order valence-electron chi connectivity index (χ1n) is 3.53. The SMILES string of the molecule is CC(C)C(=O)NCCC(=O)O.O. The Labute approximate surface area is 71.1 Å². The molecule has 0 saturated heterocycles. The zero-order valence-electron chi connectivity index (χ0n) is 7.26. The van der Waals surface area contributed by atoms with Crippen LogP contribution in [0.25, 0.3) is 0 Å². The summed E-state index contributed by atoms with van der Waals surface area (Å²) in [6.45, 7) is 3.73. The molecule has 72 valence electrons. The molecule has 0 bridgehead atoms. The van der Waals surface area contributed by atoms with E-state index in [1.54, 1.807) is 13.8 Å². The Morgan fingerprint density at radius 2 is 1.92 bits per heavy atom. The van der Waals surface area contributed by atoms with Crippen LogP contribution in [-0.4, -0.2) is 29.0 Å². The van der Waals surface area contributed by atoms with E-state index in [4.69, 9.17) is 5.11 Å². The summed E-state index contributed by atoms with van der Waals surface area (Å²) in [7, 11) is 0. The molecule has 0 aromatic carbocycles. The molecule has 0 fully saturated rings. The first-order chi connectivity index (χ1) is 5.04. The van der Waals surface area contributed by atoms with Crippen LogP contribution < -0.4 is 5.32 Å². The van der Waals surface area contributed by atoms with E-state index >= 15 is 0 Å². The molecule has 0 spiro atoms. The monoisotopic (exact) mass is 177 g/mol. The maximum atomic E-state index is 10.8. The fraction of sp³-hybridized carbons (Fsp3) is 0.714. The van der Waals surface area contributed by atoms with Crippen molar-refractivity contribution >= 4 is 11.9 Å². The van der Waals surface area contributed by atoms with Gasteiger partial charge >= 0.3 is 5.97 Å². The average molecular weight is 177 g/mol. The summed E-state index contributed by atoms with van der Waals surface area (Å²) in [5, 5.41) is 10.7. The van der Waals surface area contributed by atoms with Crippen molar-refractivity contribution < 1.29 is 20.2 Å². The molecule has 0 saturated carbocycles. The van der Waals surface area contributed by atoms with E-state index in [-0.39, 0.29) is 30.3 Å². The van der Waals surface area contributed by atoms with Gasteiger partial charge < -0.3 is 15.9 Å². The van der Waals surface area contributed by atoms with Gasteiger partial charge in [0.25, 0.3) is 0 Å². The van der Waals surface area contributed by atoms with Crippen LogP contribution >= 0.6 is 0 Å². The van der Waals surface area contributed by atoms with E-state index in [2.05, 4.69) is 5.32 Å². The van der Waals surface area contributed by atoms with Gasteiger partial charge in [-0.3, -0.25) is 9.59 Å². The molecule has 0 heterocycles. The molecule has 0 aliphatic heterocycles. The summed E-state index contributed by atoms with van der Waals surface area (Å²) in [6, 6.07) is 0. The van der Waals surface area contributed by atoms with Crippen molar-refractivity contribution in [2.24, 2.45) is 5.92 Å². The first kappa shape index (κ1) is 13.5. The number of hydrogen-bond donors (Lipinski definition) is 2. The lowest BCUT2D eigenvalue weighted by Crippen LogP contribution is -2.29. The largest absolute Gasteiger partial charge is 0.481 e. The van der Waals surface area contributed by atoms with Crippen LogP contribution in [0.2, 0.25) is 0 Å². The van der Waals surface area contributed by atoms with Crippen molar-refractivity contribution in [2.45, 2.75) is 20.3 Å². The van der Waals surface area contributed by atoms with E-state index in [0.717, 1.165) is 0 Å². The van der Waals surface area contributed by atoms with Crippen LogP contribution in [0.5, 0.6) is 0 Å². The predicted octanol–water partition coefficient (Wildman–Crippen LogP) is -0.591. The molecule has 0 aromatic heterocycles. The fourth-order valence-corrected chi connectivity index (χ4v) is 0.497. The normalized spacial score (nSPS) is 8.92. The Kier molecular flexibility index (Phi) is 7.42. The smallest absolute Gasteiger partial charge is 0.305 e. The number of aliphatic carboxylic acids is 1. The summed E-state index contributed by atoms with van der Waals surface area (Å²) < 4.78 is 0. The molecule has 0 aliphatic rings. The summed E-state index contributed by atoms with van der Waals surface area (Å²) in [5.74, 6) is -1.08. The summed E-state index contributed by atoms with van der Waals surface area (Å²) >= 11 is 0. The van der Waals surface area contributed by atoms with E-state index < -0.39 is 5.97 Å². The minimum absolute atomic E-state index is 0. The van der Waals surface area contributed by atoms with Crippen LogP contribution in [0, 0.1) is 5.92 Å². The number of amides is 1. The molecule has 5 heteroatoms. The van der Waals surface area contributed by atoms with Crippen LogP contribution in [0.1, 0.15) is 20.3 Å². The zero-order valence-corrected chi connectivity index (χ0v) is 7.26. The third-order valence-electron chi connectivity index (χ3n) is 1.16. The standard InChI is InChI=1S/C7H13NO3.H2O/c1-5(2)7(11)8-4-3-6(9)10;/h5H,3-4H2,1-2H3,(H,8,11)(H,9,10);1H2. The molecule has 5 nitrogen and oxygen atoms in total. The van der Waals surface area contributed by atoms with Crippen molar-refractivity contribution in [1.29, 1.82) is 0 Å². The summed E-state index contributed by atoms with van der Waals surface area (Å²) in [4.78, 5) is 20.8. The van der Waals surface area contributed by atoms with Crippen molar-refractivity contribution in [2.75, 3.05) is 6.54 Å². The number of carboxylic acid groups (broad SMARTS) is 1. The van der Waals surface area contributed by atoms with Crippen LogP contribution in [0.3, 0.4) is 0 Å². The van der Waals surface area contributed by atoms with Gasteiger partial charge in [-0.15, -0.1) is 0 Å². The quantitative estimate of drug-likeness (QED) is 0.600. The molecule has 0 radical (unpaired) electrons. The zero-order chi connectivity index (χ0) is 8.85. The number of carbonyl (C=O) groups is 2. The van der Waals surface area contributed by atoms with Crippen molar-refractivity contribution in [3.05, 3.63) is 0 Å². The predicted molar refractivity (Wildman–Crippen MR) is 43.7 cm³/mol. The topological polar surface area (TPSA) is 97.9 Å². The van der Waals surface area contributed by atoms with Gasteiger partial charge in [-0.05, 0) is 0 Å². The second-order valence-electron chi connectivity index (χ2n) is 2.59. The highest BCUT2D eigenvalue weighted by Crippen LogP contribution is 1.89. The van der Waals surface area contributed by atoms with E-state index in [1.807, 2.05) is 0 Å². The van der Waals surface area contributed by atoms with E-state index in [1.165, 1.54) is 0 Å². The Morgan fingerprint density at radius 1 is 1.42 bits per heavy atom. The second-order valence-corrected chi connectivity index (χ2v) is 2.59. The molecule has 0 atom stereocenters. The second kappa shape index (κ2) is 6.60. The lowest BCUT2D eigenvalue weighted by molar-refractivity contribution is -0.137. The van der Waals surface area contributed by atoms with E-state index in [0.29, 0.717) is 0 Å². The van der Waals surface area contributed by atoms with Gasteiger partial charge in [0.15, 0.2) is 0 Å². The Morgan fingerprint density at radius 3 is 2.25 bits per heavy atom. The van der Waals surface area contributed by atoms with Gasteiger partial charge in [-0.1, -0.05) is 13.8 Å². The van der Waals surface area contributed by atoms with Gasteiger partial charge in [0.2, 0.25) is 5.91 Å². The van der Waals surface area contributed by atoms with Crippen LogP contribution in [0.4, 0.5) is 0 Å². The molecule has 0 aliphatic carbocycles. The number of carbonyl (C=O) groups excluding carboxylic acids is 1. The average Bonchev–Trinajstić information content (AvgIpc) is 1.86. The van der Waals surface area contributed by atoms with Crippen LogP contribution in [-0.2, 0) is 9.59 Å². The molecule has 4 N–H and O–H groups in total. The molecule has 1 amide bonds. The molecular formula is C7H15NO4.